The van der Waals surface area contributed by atoms with Crippen molar-refractivity contribution in [3.8, 4) is 0 Å². The smallest absolute Gasteiger partial charge is 0.274 e. The van der Waals surface area contributed by atoms with Gasteiger partial charge in [-0.05, 0) is 48.9 Å². The molecule has 1 N–H and O–H groups in total. The summed E-state index contributed by atoms with van der Waals surface area (Å²) < 4.78 is 0. The summed E-state index contributed by atoms with van der Waals surface area (Å²) >= 11 is 0. The molecule has 136 valence electrons. The third-order valence-electron chi connectivity index (χ3n) is 4.83. The second kappa shape index (κ2) is 8.13. The maximum atomic E-state index is 12.7. The minimum absolute atomic E-state index is 0.0969. The van der Waals surface area contributed by atoms with Crippen molar-refractivity contribution >= 4 is 17.5 Å². The summed E-state index contributed by atoms with van der Waals surface area (Å²) in [5, 5.41) is 3.01. The van der Waals surface area contributed by atoms with Gasteiger partial charge in [0.05, 0.1) is 0 Å². The van der Waals surface area contributed by atoms with Crippen LogP contribution < -0.4 is 5.32 Å². The van der Waals surface area contributed by atoms with E-state index in [1.807, 2.05) is 18.2 Å². The van der Waals surface area contributed by atoms with E-state index in [1.54, 1.807) is 23.1 Å². The molecule has 1 aromatic heterocycles. The molecule has 2 amide bonds. The van der Waals surface area contributed by atoms with E-state index < -0.39 is 0 Å². The van der Waals surface area contributed by atoms with E-state index in [0.29, 0.717) is 5.69 Å². The number of hydrogen-bond acceptors (Lipinski definition) is 3. The lowest BCUT2D eigenvalue weighted by Gasteiger charge is -2.16. The molecule has 5 nitrogen and oxygen atoms in total. The number of likely N-dealkylation sites (tertiary alicyclic amines) is 1. The van der Waals surface area contributed by atoms with Gasteiger partial charge in [-0.2, -0.15) is 0 Å². The molecule has 1 fully saturated rings. The molecule has 1 aromatic carbocycles. The predicted octanol–water partition coefficient (Wildman–Crippen LogP) is 3.69. The normalized spacial score (nSPS) is 13.7. The monoisotopic (exact) mass is 351 g/mol. The minimum atomic E-state index is -0.281. The molecule has 3 rings (SSSR count). The van der Waals surface area contributed by atoms with Gasteiger partial charge in [-0.1, -0.05) is 38.1 Å². The SMILES string of the molecule is CCc1cccc(CC)c1NC(=O)c1cccc(C(=O)N2CCCC2)n1. The number of nitrogens with zero attached hydrogens (tertiary/aromatic N) is 2. The molecule has 0 bridgehead atoms. The first-order chi connectivity index (χ1) is 12.6. The first kappa shape index (κ1) is 18.1. The zero-order valence-corrected chi connectivity index (χ0v) is 15.4. The maximum Gasteiger partial charge on any atom is 0.274 e. The number of carbonyl (C=O) groups excluding carboxylic acids is 2. The van der Waals surface area contributed by atoms with Gasteiger partial charge in [0.2, 0.25) is 0 Å². The van der Waals surface area contributed by atoms with Crippen LogP contribution in [0.1, 0.15) is 58.8 Å². The van der Waals surface area contributed by atoms with Crippen molar-refractivity contribution in [3.63, 3.8) is 0 Å². The molecular weight excluding hydrogens is 326 g/mol. The summed E-state index contributed by atoms with van der Waals surface area (Å²) in [5.41, 5.74) is 3.66. The van der Waals surface area contributed by atoms with E-state index in [1.165, 1.54) is 0 Å². The lowest BCUT2D eigenvalue weighted by Crippen LogP contribution is -2.29. The number of aromatic nitrogens is 1. The van der Waals surface area contributed by atoms with Crippen LogP contribution in [-0.4, -0.2) is 34.8 Å². The Kier molecular flexibility index (Phi) is 5.66. The quantitative estimate of drug-likeness (QED) is 0.893. The number of para-hydroxylation sites is 1. The van der Waals surface area contributed by atoms with Crippen LogP contribution in [0.4, 0.5) is 5.69 Å². The molecule has 0 unspecified atom stereocenters. The summed E-state index contributed by atoms with van der Waals surface area (Å²) in [6.45, 7) is 5.66. The summed E-state index contributed by atoms with van der Waals surface area (Å²) in [4.78, 5) is 31.4. The standard InChI is InChI=1S/C21H25N3O2/c1-3-15-9-7-10-16(4-2)19(15)23-20(25)17-11-8-12-18(22-17)21(26)24-13-5-6-14-24/h7-12H,3-6,13-14H2,1-2H3,(H,23,25). The van der Waals surface area contributed by atoms with Crippen molar-refractivity contribution in [2.75, 3.05) is 18.4 Å². The van der Waals surface area contributed by atoms with Crippen LogP contribution in [0.5, 0.6) is 0 Å². The van der Waals surface area contributed by atoms with Gasteiger partial charge in [0.15, 0.2) is 0 Å². The highest BCUT2D eigenvalue weighted by atomic mass is 16.2. The van der Waals surface area contributed by atoms with E-state index in [4.69, 9.17) is 0 Å². The van der Waals surface area contributed by atoms with Crippen molar-refractivity contribution in [3.05, 3.63) is 58.9 Å². The van der Waals surface area contributed by atoms with Gasteiger partial charge in [-0.15, -0.1) is 0 Å². The number of rotatable bonds is 5. The molecule has 1 aliphatic heterocycles. The van der Waals surface area contributed by atoms with E-state index in [-0.39, 0.29) is 17.5 Å². The van der Waals surface area contributed by atoms with Gasteiger partial charge in [0.1, 0.15) is 11.4 Å². The van der Waals surface area contributed by atoms with Crippen molar-refractivity contribution in [2.45, 2.75) is 39.5 Å². The Morgan fingerprint density at radius 2 is 1.54 bits per heavy atom. The Morgan fingerprint density at radius 1 is 0.962 bits per heavy atom. The van der Waals surface area contributed by atoms with Crippen LogP contribution in [0, 0.1) is 0 Å². The van der Waals surface area contributed by atoms with E-state index in [9.17, 15) is 9.59 Å². The molecular formula is C21H25N3O2. The van der Waals surface area contributed by atoms with Crippen LogP contribution in [0.15, 0.2) is 36.4 Å². The lowest BCUT2D eigenvalue weighted by atomic mass is 10.0. The van der Waals surface area contributed by atoms with Crippen molar-refractivity contribution in [1.82, 2.24) is 9.88 Å². The summed E-state index contributed by atoms with van der Waals surface area (Å²) in [6.07, 6.45) is 3.73. The third-order valence-corrected chi connectivity index (χ3v) is 4.83. The zero-order valence-electron chi connectivity index (χ0n) is 15.4. The molecule has 0 radical (unpaired) electrons. The Bertz CT molecular complexity index is 788. The molecule has 1 saturated heterocycles. The average Bonchev–Trinajstić information content (AvgIpc) is 3.22. The highest BCUT2D eigenvalue weighted by molar-refractivity contribution is 6.04. The van der Waals surface area contributed by atoms with Crippen LogP contribution in [0.3, 0.4) is 0 Å². The summed E-state index contributed by atoms with van der Waals surface area (Å²) in [5.74, 6) is -0.378. The summed E-state index contributed by atoms with van der Waals surface area (Å²) in [6, 6.07) is 11.1. The van der Waals surface area contributed by atoms with Crippen LogP contribution >= 0.6 is 0 Å². The van der Waals surface area contributed by atoms with Crippen LogP contribution in [-0.2, 0) is 12.8 Å². The number of hydrogen-bond donors (Lipinski definition) is 1. The lowest BCUT2D eigenvalue weighted by molar-refractivity contribution is 0.0787. The topological polar surface area (TPSA) is 62.3 Å². The third kappa shape index (κ3) is 3.77. The van der Waals surface area contributed by atoms with Crippen LogP contribution in [0.2, 0.25) is 0 Å². The van der Waals surface area contributed by atoms with Gasteiger partial charge >= 0.3 is 0 Å². The molecule has 0 saturated carbocycles. The molecule has 26 heavy (non-hydrogen) atoms. The number of amides is 2. The number of nitrogens with one attached hydrogen (secondary N) is 1. The fraction of sp³-hybridized carbons (Fsp3) is 0.381. The second-order valence-electron chi connectivity index (χ2n) is 6.52. The zero-order chi connectivity index (χ0) is 18.5. The Labute approximate surface area is 154 Å². The second-order valence-corrected chi connectivity index (χ2v) is 6.52. The maximum absolute atomic E-state index is 12.7. The first-order valence-corrected chi connectivity index (χ1v) is 9.32. The molecule has 2 heterocycles. The number of benzene rings is 1. The van der Waals surface area contributed by atoms with Crippen molar-refractivity contribution in [1.29, 1.82) is 0 Å². The molecule has 0 aliphatic carbocycles. The molecule has 2 aromatic rings. The molecule has 5 heteroatoms. The minimum Gasteiger partial charge on any atom is -0.337 e. The van der Waals surface area contributed by atoms with Crippen molar-refractivity contribution in [2.24, 2.45) is 0 Å². The van der Waals surface area contributed by atoms with Crippen molar-refractivity contribution < 1.29 is 9.59 Å². The number of pyridine rings is 1. The van der Waals surface area contributed by atoms with Gasteiger partial charge in [0, 0.05) is 18.8 Å². The van der Waals surface area contributed by atoms with Gasteiger partial charge in [-0.25, -0.2) is 4.98 Å². The average molecular weight is 351 g/mol. The summed E-state index contributed by atoms with van der Waals surface area (Å²) in [7, 11) is 0. The largest absolute Gasteiger partial charge is 0.337 e. The van der Waals surface area contributed by atoms with E-state index in [0.717, 1.165) is 55.6 Å². The highest BCUT2D eigenvalue weighted by Crippen LogP contribution is 2.23. The number of aryl methyl sites for hydroxylation is 2. The fourth-order valence-electron chi connectivity index (χ4n) is 3.34. The van der Waals surface area contributed by atoms with Gasteiger partial charge in [-0.3, -0.25) is 9.59 Å². The molecule has 0 spiro atoms. The van der Waals surface area contributed by atoms with Crippen LogP contribution in [0.25, 0.3) is 0 Å². The number of anilines is 1. The van der Waals surface area contributed by atoms with Gasteiger partial charge in [0.25, 0.3) is 11.8 Å². The van der Waals surface area contributed by atoms with Gasteiger partial charge < -0.3 is 10.2 Å². The highest BCUT2D eigenvalue weighted by Gasteiger charge is 2.21. The number of carbonyl (C=O) groups is 2. The predicted molar refractivity (Wildman–Crippen MR) is 103 cm³/mol. The first-order valence-electron chi connectivity index (χ1n) is 9.32. The Balaban J connectivity index is 1.83. The van der Waals surface area contributed by atoms with E-state index >= 15 is 0 Å². The Morgan fingerprint density at radius 3 is 2.15 bits per heavy atom. The molecule has 1 aliphatic rings. The fourth-order valence-corrected chi connectivity index (χ4v) is 3.34. The molecule has 0 atom stereocenters. The Hall–Kier alpha value is -2.69. The van der Waals surface area contributed by atoms with E-state index in [2.05, 4.69) is 24.1 Å².